The summed E-state index contributed by atoms with van der Waals surface area (Å²) in [7, 11) is 4.62. The van der Waals surface area contributed by atoms with E-state index in [0.29, 0.717) is 12.3 Å². The standard InChI is InChI=1S/C18H32N4/c1-19-10-4-12-21-14-15(8-9-17(19)21)16-6-3-7-18-20(2)11-5-13-22(16)18/h14,16-18H,3-13H2,1-2H3. The van der Waals surface area contributed by atoms with Gasteiger partial charge in [-0.1, -0.05) is 0 Å². The van der Waals surface area contributed by atoms with E-state index >= 15 is 0 Å². The summed E-state index contributed by atoms with van der Waals surface area (Å²) in [6, 6.07) is 0.717. The Labute approximate surface area is 135 Å². The van der Waals surface area contributed by atoms with E-state index in [0.717, 1.165) is 6.04 Å². The highest BCUT2D eigenvalue weighted by atomic mass is 15.4. The second-order valence-electron chi connectivity index (χ2n) is 7.79. The van der Waals surface area contributed by atoms with Crippen molar-refractivity contribution in [3.63, 3.8) is 0 Å². The number of piperidine rings is 1. The molecule has 22 heavy (non-hydrogen) atoms. The Morgan fingerprint density at radius 1 is 0.818 bits per heavy atom. The van der Waals surface area contributed by atoms with E-state index in [9.17, 15) is 0 Å². The van der Waals surface area contributed by atoms with Crippen molar-refractivity contribution in [2.75, 3.05) is 40.3 Å². The van der Waals surface area contributed by atoms with Gasteiger partial charge in [0, 0.05) is 38.4 Å². The molecule has 4 aliphatic rings. The van der Waals surface area contributed by atoms with E-state index in [2.05, 4.69) is 39.9 Å². The Morgan fingerprint density at radius 3 is 2.45 bits per heavy atom. The van der Waals surface area contributed by atoms with E-state index in [4.69, 9.17) is 0 Å². The van der Waals surface area contributed by atoms with Gasteiger partial charge in [0.2, 0.25) is 0 Å². The fourth-order valence-corrected chi connectivity index (χ4v) is 5.28. The molecule has 3 fully saturated rings. The van der Waals surface area contributed by atoms with Crippen LogP contribution in [0.15, 0.2) is 11.8 Å². The Balaban J connectivity index is 1.53. The molecule has 0 amide bonds. The lowest BCUT2D eigenvalue weighted by atomic mass is 9.87. The molecule has 0 aromatic carbocycles. The second-order valence-corrected chi connectivity index (χ2v) is 7.79. The summed E-state index contributed by atoms with van der Waals surface area (Å²) in [4.78, 5) is 10.6. The zero-order valence-corrected chi connectivity index (χ0v) is 14.4. The zero-order chi connectivity index (χ0) is 15.1. The lowest BCUT2D eigenvalue weighted by molar-refractivity contribution is -0.0332. The largest absolute Gasteiger partial charge is 0.362 e. The molecule has 0 saturated carbocycles. The normalized spacial score (nSPS) is 38.4. The van der Waals surface area contributed by atoms with Gasteiger partial charge in [0.25, 0.3) is 0 Å². The van der Waals surface area contributed by atoms with Crippen LogP contribution >= 0.6 is 0 Å². The molecule has 3 saturated heterocycles. The van der Waals surface area contributed by atoms with E-state index in [1.165, 1.54) is 71.1 Å². The first-order chi connectivity index (χ1) is 10.7. The Morgan fingerprint density at radius 2 is 1.59 bits per heavy atom. The van der Waals surface area contributed by atoms with Crippen molar-refractivity contribution in [1.82, 2.24) is 19.6 Å². The van der Waals surface area contributed by atoms with Crippen molar-refractivity contribution >= 4 is 0 Å². The Hall–Kier alpha value is -0.580. The average molecular weight is 304 g/mol. The number of hydrogen-bond acceptors (Lipinski definition) is 4. The van der Waals surface area contributed by atoms with Crippen molar-refractivity contribution in [3.8, 4) is 0 Å². The third kappa shape index (κ3) is 2.59. The summed E-state index contributed by atoms with van der Waals surface area (Å²) >= 11 is 0. The van der Waals surface area contributed by atoms with Crippen molar-refractivity contribution < 1.29 is 0 Å². The maximum absolute atomic E-state index is 2.83. The summed E-state index contributed by atoms with van der Waals surface area (Å²) in [5, 5.41) is 0. The molecule has 4 heteroatoms. The van der Waals surface area contributed by atoms with Crippen LogP contribution in [0.2, 0.25) is 0 Å². The van der Waals surface area contributed by atoms with E-state index in [1.807, 2.05) is 0 Å². The number of fused-ring (bicyclic) bond motifs is 2. The fourth-order valence-electron chi connectivity index (χ4n) is 5.28. The van der Waals surface area contributed by atoms with Gasteiger partial charge in [-0.2, -0.15) is 0 Å². The van der Waals surface area contributed by atoms with Crippen molar-refractivity contribution in [1.29, 1.82) is 0 Å². The lowest BCUT2D eigenvalue weighted by Gasteiger charge is -2.52. The molecule has 4 nitrogen and oxygen atoms in total. The van der Waals surface area contributed by atoms with Gasteiger partial charge in [-0.3, -0.25) is 14.7 Å². The maximum atomic E-state index is 2.83. The van der Waals surface area contributed by atoms with Crippen LogP contribution in [0.4, 0.5) is 0 Å². The van der Waals surface area contributed by atoms with Gasteiger partial charge in [0.05, 0.1) is 12.3 Å². The van der Waals surface area contributed by atoms with Crippen molar-refractivity contribution in [3.05, 3.63) is 11.8 Å². The Kier molecular flexibility index (Phi) is 4.18. The summed E-state index contributed by atoms with van der Waals surface area (Å²) < 4.78 is 0. The van der Waals surface area contributed by atoms with E-state index in [1.54, 1.807) is 5.57 Å². The smallest absolute Gasteiger partial charge is 0.0815 e. The van der Waals surface area contributed by atoms with Crippen LogP contribution in [0.3, 0.4) is 0 Å². The molecule has 0 aliphatic carbocycles. The van der Waals surface area contributed by atoms with Gasteiger partial charge in [0.1, 0.15) is 0 Å². The van der Waals surface area contributed by atoms with Crippen LogP contribution in [0, 0.1) is 0 Å². The van der Waals surface area contributed by atoms with E-state index in [-0.39, 0.29) is 0 Å². The van der Waals surface area contributed by atoms with Crippen LogP contribution < -0.4 is 0 Å². The molecule has 124 valence electrons. The van der Waals surface area contributed by atoms with Gasteiger partial charge in [-0.05, 0) is 64.6 Å². The monoisotopic (exact) mass is 304 g/mol. The number of hydrogen-bond donors (Lipinski definition) is 0. The average Bonchev–Trinajstić information content (AvgIpc) is 2.55. The van der Waals surface area contributed by atoms with Crippen molar-refractivity contribution in [2.45, 2.75) is 63.3 Å². The highest BCUT2D eigenvalue weighted by Crippen LogP contribution is 2.36. The first kappa shape index (κ1) is 15.0. The predicted molar refractivity (Wildman–Crippen MR) is 90.4 cm³/mol. The quantitative estimate of drug-likeness (QED) is 0.736. The Bertz CT molecular complexity index is 435. The molecule has 4 heterocycles. The first-order valence-electron chi connectivity index (χ1n) is 9.36. The molecule has 4 aliphatic heterocycles. The van der Waals surface area contributed by atoms with Crippen molar-refractivity contribution in [2.24, 2.45) is 0 Å². The van der Waals surface area contributed by atoms with Gasteiger partial charge in [-0.15, -0.1) is 0 Å². The first-order valence-corrected chi connectivity index (χ1v) is 9.36. The summed E-state index contributed by atoms with van der Waals surface area (Å²) in [6.45, 7) is 5.12. The van der Waals surface area contributed by atoms with E-state index < -0.39 is 0 Å². The topological polar surface area (TPSA) is 13.0 Å². The van der Waals surface area contributed by atoms with Crippen LogP contribution in [-0.2, 0) is 0 Å². The minimum absolute atomic E-state index is 0.668. The molecule has 0 radical (unpaired) electrons. The number of nitrogens with zero attached hydrogens (tertiary/aromatic N) is 4. The molecule has 0 aromatic heterocycles. The fraction of sp³-hybridized carbons (Fsp3) is 0.889. The predicted octanol–water partition coefficient (Wildman–Crippen LogP) is 2.14. The highest BCUT2D eigenvalue weighted by Gasteiger charge is 2.38. The minimum Gasteiger partial charge on any atom is -0.362 e. The minimum atomic E-state index is 0.668. The van der Waals surface area contributed by atoms with Crippen LogP contribution in [-0.4, -0.2) is 78.2 Å². The molecule has 0 aromatic rings. The highest BCUT2D eigenvalue weighted by molar-refractivity contribution is 5.17. The van der Waals surface area contributed by atoms with Gasteiger partial charge < -0.3 is 4.90 Å². The van der Waals surface area contributed by atoms with Gasteiger partial charge >= 0.3 is 0 Å². The third-order valence-corrected chi connectivity index (χ3v) is 6.43. The molecule has 0 N–H and O–H groups in total. The van der Waals surface area contributed by atoms with Gasteiger partial charge in [-0.25, -0.2) is 0 Å². The molecule has 3 unspecified atom stereocenters. The molecular weight excluding hydrogens is 272 g/mol. The van der Waals surface area contributed by atoms with Crippen LogP contribution in [0.1, 0.15) is 44.9 Å². The third-order valence-electron chi connectivity index (χ3n) is 6.43. The summed E-state index contributed by atoms with van der Waals surface area (Å²) in [6.07, 6.45) is 13.4. The molecular formula is C18H32N4. The summed E-state index contributed by atoms with van der Waals surface area (Å²) in [5.41, 5.74) is 1.73. The van der Waals surface area contributed by atoms with Gasteiger partial charge in [0.15, 0.2) is 0 Å². The molecule has 4 rings (SSSR count). The SMILES string of the molecule is CN1CCCN2C=C(C3CCCC4N(C)CCCN34)CCC12. The zero-order valence-electron chi connectivity index (χ0n) is 14.4. The van der Waals surface area contributed by atoms with Crippen LogP contribution in [0.25, 0.3) is 0 Å². The molecule has 3 atom stereocenters. The molecule has 0 bridgehead atoms. The second kappa shape index (κ2) is 6.14. The summed E-state index contributed by atoms with van der Waals surface area (Å²) in [5.74, 6) is 0. The molecule has 0 spiro atoms. The maximum Gasteiger partial charge on any atom is 0.0815 e. The lowest BCUT2D eigenvalue weighted by Crippen LogP contribution is -2.59. The number of rotatable bonds is 1. The van der Waals surface area contributed by atoms with Crippen LogP contribution in [0.5, 0.6) is 0 Å².